The molecule has 3 rings (SSSR count). The minimum absolute atomic E-state index is 0.503. The van der Waals surface area contributed by atoms with E-state index in [2.05, 4.69) is 40.5 Å². The zero-order valence-corrected chi connectivity index (χ0v) is 10.8. The largest absolute Gasteiger partial charge is 0.310 e. The van der Waals surface area contributed by atoms with E-state index >= 15 is 0 Å². The molecule has 0 aliphatic heterocycles. The molecule has 4 nitrogen and oxygen atoms in total. The lowest BCUT2D eigenvalue weighted by Crippen LogP contribution is -2.27. The molecule has 0 radical (unpaired) electrons. The Bertz CT molecular complexity index is 862. The fourth-order valence-electron chi connectivity index (χ4n) is 2.27. The second kappa shape index (κ2) is 5.17. The monoisotopic (exact) mass is 266 g/mol. The van der Waals surface area contributed by atoms with Crippen LogP contribution in [0.4, 0.5) is 0 Å². The van der Waals surface area contributed by atoms with E-state index in [-0.39, 0.29) is 0 Å². The number of hydrogen-bond donors (Lipinski definition) is 2. The van der Waals surface area contributed by atoms with Crippen molar-refractivity contribution in [3.8, 4) is 0 Å². The molecule has 0 spiro atoms. The van der Waals surface area contributed by atoms with E-state index in [1.165, 1.54) is 22.4 Å². The van der Waals surface area contributed by atoms with Gasteiger partial charge in [-0.2, -0.15) is 0 Å². The van der Waals surface area contributed by atoms with Gasteiger partial charge in [0, 0.05) is 11.8 Å². The van der Waals surface area contributed by atoms with Crippen LogP contribution in [0.1, 0.15) is 11.3 Å². The SMILES string of the molecule is O=c1cc(CCc2ccc3ccccc3c2)[nH][nH]c1=O. The Labute approximate surface area is 115 Å². The summed E-state index contributed by atoms with van der Waals surface area (Å²) in [5.74, 6) is 0. The van der Waals surface area contributed by atoms with E-state index in [0.29, 0.717) is 6.42 Å². The molecule has 1 heterocycles. The zero-order chi connectivity index (χ0) is 13.9. The summed E-state index contributed by atoms with van der Waals surface area (Å²) in [6, 6.07) is 15.9. The van der Waals surface area contributed by atoms with Crippen molar-refractivity contribution in [1.82, 2.24) is 10.2 Å². The maximum absolute atomic E-state index is 11.3. The fourth-order valence-corrected chi connectivity index (χ4v) is 2.27. The third-order valence-electron chi connectivity index (χ3n) is 3.36. The topological polar surface area (TPSA) is 65.7 Å². The molecule has 0 aliphatic carbocycles. The lowest BCUT2D eigenvalue weighted by Gasteiger charge is -2.04. The molecule has 100 valence electrons. The normalized spacial score (nSPS) is 10.8. The number of aromatic nitrogens is 2. The summed E-state index contributed by atoms with van der Waals surface area (Å²) in [5.41, 5.74) is 0.829. The van der Waals surface area contributed by atoms with Crippen LogP contribution in [0.2, 0.25) is 0 Å². The number of hydrogen-bond acceptors (Lipinski definition) is 2. The van der Waals surface area contributed by atoms with Crippen LogP contribution in [-0.2, 0) is 12.8 Å². The Morgan fingerprint density at radius 1 is 0.800 bits per heavy atom. The average molecular weight is 266 g/mol. The first-order chi connectivity index (χ1) is 9.72. The van der Waals surface area contributed by atoms with Gasteiger partial charge in [0.05, 0.1) is 0 Å². The molecule has 0 aliphatic rings. The van der Waals surface area contributed by atoms with Crippen molar-refractivity contribution >= 4 is 10.8 Å². The number of aryl methyl sites for hydroxylation is 2. The van der Waals surface area contributed by atoms with Gasteiger partial charge in [0.15, 0.2) is 0 Å². The van der Waals surface area contributed by atoms with Crippen LogP contribution in [0.15, 0.2) is 58.1 Å². The molecule has 1 aromatic heterocycles. The van der Waals surface area contributed by atoms with Crippen molar-refractivity contribution in [2.75, 3.05) is 0 Å². The first kappa shape index (κ1) is 12.4. The molecule has 0 bridgehead atoms. The van der Waals surface area contributed by atoms with Crippen LogP contribution in [0.25, 0.3) is 10.8 Å². The highest BCUT2D eigenvalue weighted by Gasteiger charge is 2.00. The highest BCUT2D eigenvalue weighted by atomic mass is 16.2. The molecule has 3 aromatic rings. The van der Waals surface area contributed by atoms with Gasteiger partial charge in [-0.1, -0.05) is 42.5 Å². The maximum Gasteiger partial charge on any atom is 0.310 e. The predicted octanol–water partition coefficient (Wildman–Crippen LogP) is 2.00. The first-order valence-corrected chi connectivity index (χ1v) is 6.51. The van der Waals surface area contributed by atoms with E-state index in [0.717, 1.165) is 12.1 Å². The molecule has 0 saturated carbocycles. The quantitative estimate of drug-likeness (QED) is 0.712. The Hall–Kier alpha value is -2.62. The number of nitrogens with one attached hydrogen (secondary N) is 2. The van der Waals surface area contributed by atoms with Gasteiger partial charge in [0.25, 0.3) is 0 Å². The fraction of sp³-hybridized carbons (Fsp3) is 0.125. The Balaban J connectivity index is 1.81. The lowest BCUT2D eigenvalue weighted by atomic mass is 10.0. The standard InChI is InChI=1S/C16H14N2O2/c19-15-10-14(17-18-16(15)20)8-6-11-5-7-12-3-1-2-4-13(12)9-11/h1-5,7,9-10H,6,8H2,(H,17,19)(H,18,20). The maximum atomic E-state index is 11.3. The second-order valence-corrected chi connectivity index (χ2v) is 4.79. The summed E-state index contributed by atoms with van der Waals surface area (Å²) in [4.78, 5) is 22.3. The van der Waals surface area contributed by atoms with Crippen LogP contribution in [-0.4, -0.2) is 10.2 Å². The molecule has 0 unspecified atom stereocenters. The highest BCUT2D eigenvalue weighted by Crippen LogP contribution is 2.16. The third kappa shape index (κ3) is 2.54. The summed E-state index contributed by atoms with van der Waals surface area (Å²) < 4.78 is 0. The molecule has 4 heteroatoms. The van der Waals surface area contributed by atoms with Crippen LogP contribution >= 0.6 is 0 Å². The second-order valence-electron chi connectivity index (χ2n) is 4.79. The molecule has 0 saturated heterocycles. The molecular weight excluding hydrogens is 252 g/mol. The van der Waals surface area contributed by atoms with Crippen LogP contribution in [0, 0.1) is 0 Å². The molecular formula is C16H14N2O2. The summed E-state index contributed by atoms with van der Waals surface area (Å²) in [5, 5.41) is 7.51. The van der Waals surface area contributed by atoms with Gasteiger partial charge in [-0.25, -0.2) is 0 Å². The predicted molar refractivity (Wildman–Crippen MR) is 79.0 cm³/mol. The van der Waals surface area contributed by atoms with Crippen LogP contribution in [0.3, 0.4) is 0 Å². The Kier molecular flexibility index (Phi) is 3.21. The van der Waals surface area contributed by atoms with Crippen molar-refractivity contribution in [1.29, 1.82) is 0 Å². The third-order valence-corrected chi connectivity index (χ3v) is 3.36. The van der Waals surface area contributed by atoms with E-state index < -0.39 is 11.0 Å². The number of aromatic amines is 2. The molecule has 2 aromatic carbocycles. The van der Waals surface area contributed by atoms with Crippen molar-refractivity contribution in [2.24, 2.45) is 0 Å². The number of benzene rings is 2. The number of rotatable bonds is 3. The summed E-state index contributed by atoms with van der Waals surface area (Å²) in [6.07, 6.45) is 1.50. The Morgan fingerprint density at radius 2 is 1.60 bits per heavy atom. The minimum Gasteiger partial charge on any atom is -0.302 e. The van der Waals surface area contributed by atoms with Gasteiger partial charge in [-0.05, 0) is 29.2 Å². The smallest absolute Gasteiger partial charge is 0.302 e. The van der Waals surface area contributed by atoms with Crippen molar-refractivity contribution in [2.45, 2.75) is 12.8 Å². The van der Waals surface area contributed by atoms with Crippen molar-refractivity contribution in [3.63, 3.8) is 0 Å². The first-order valence-electron chi connectivity index (χ1n) is 6.51. The van der Waals surface area contributed by atoms with E-state index in [1.54, 1.807) is 0 Å². The van der Waals surface area contributed by atoms with Crippen molar-refractivity contribution < 1.29 is 0 Å². The molecule has 0 amide bonds. The summed E-state index contributed by atoms with van der Waals surface area (Å²) in [6.45, 7) is 0. The van der Waals surface area contributed by atoms with Crippen LogP contribution < -0.4 is 11.0 Å². The van der Waals surface area contributed by atoms with Gasteiger partial charge in [-0.3, -0.25) is 14.7 Å². The molecule has 20 heavy (non-hydrogen) atoms. The zero-order valence-electron chi connectivity index (χ0n) is 10.8. The average Bonchev–Trinajstić information content (AvgIpc) is 2.48. The van der Waals surface area contributed by atoms with E-state index in [9.17, 15) is 9.59 Å². The van der Waals surface area contributed by atoms with E-state index in [4.69, 9.17) is 0 Å². The minimum atomic E-state index is -0.612. The molecule has 0 fully saturated rings. The van der Waals surface area contributed by atoms with Gasteiger partial charge in [0.2, 0.25) is 5.43 Å². The highest BCUT2D eigenvalue weighted by molar-refractivity contribution is 5.82. The lowest BCUT2D eigenvalue weighted by molar-refractivity contribution is 0.839. The summed E-state index contributed by atoms with van der Waals surface area (Å²) in [7, 11) is 0. The molecule has 2 N–H and O–H groups in total. The number of fused-ring (bicyclic) bond motifs is 1. The van der Waals surface area contributed by atoms with Gasteiger partial charge >= 0.3 is 5.56 Å². The van der Waals surface area contributed by atoms with Crippen LogP contribution in [0.5, 0.6) is 0 Å². The van der Waals surface area contributed by atoms with Gasteiger partial charge in [0.1, 0.15) is 0 Å². The van der Waals surface area contributed by atoms with Gasteiger partial charge in [-0.15, -0.1) is 0 Å². The summed E-state index contributed by atoms with van der Waals surface area (Å²) >= 11 is 0. The molecule has 0 atom stereocenters. The van der Waals surface area contributed by atoms with Crippen molar-refractivity contribution in [3.05, 3.63) is 80.4 Å². The Morgan fingerprint density at radius 3 is 2.40 bits per heavy atom. The number of H-pyrrole nitrogens is 2. The van der Waals surface area contributed by atoms with E-state index in [1.807, 2.05) is 12.1 Å². The van der Waals surface area contributed by atoms with Gasteiger partial charge < -0.3 is 5.10 Å².